The second-order valence-corrected chi connectivity index (χ2v) is 6.55. The minimum absolute atomic E-state index is 0.170. The van der Waals surface area contributed by atoms with E-state index in [0.717, 1.165) is 36.8 Å². The first-order valence-electron chi connectivity index (χ1n) is 7.61. The largest absolute Gasteiger partial charge is 0.508 e. The zero-order valence-corrected chi connectivity index (χ0v) is 13.7. The molecular formula is C17H16N4O2S. The number of aryl methyl sites for hydroxylation is 1. The Kier molecular flexibility index (Phi) is 4.77. The van der Waals surface area contributed by atoms with Crippen LogP contribution in [0.1, 0.15) is 34.4 Å². The van der Waals surface area contributed by atoms with Crippen LogP contribution in [-0.4, -0.2) is 17.4 Å². The molecule has 1 heterocycles. The average molecular weight is 340 g/mol. The summed E-state index contributed by atoms with van der Waals surface area (Å²) in [5.74, 6) is 0.170. The second-order valence-electron chi connectivity index (χ2n) is 5.44. The van der Waals surface area contributed by atoms with Gasteiger partial charge in [0.2, 0.25) is 0 Å². The van der Waals surface area contributed by atoms with Gasteiger partial charge in [-0.25, -0.2) is 10.2 Å². The van der Waals surface area contributed by atoms with Gasteiger partial charge in [0.15, 0.2) is 0 Å². The molecule has 0 saturated heterocycles. The van der Waals surface area contributed by atoms with Crippen LogP contribution in [-0.2, 0) is 12.8 Å². The number of urea groups is 1. The molecule has 24 heavy (non-hydrogen) atoms. The van der Waals surface area contributed by atoms with Crippen molar-refractivity contribution in [3.63, 3.8) is 0 Å². The molecule has 1 aliphatic carbocycles. The first kappa shape index (κ1) is 16.0. The van der Waals surface area contributed by atoms with Crippen LogP contribution in [0.5, 0.6) is 5.75 Å². The molecule has 0 aliphatic heterocycles. The quantitative estimate of drug-likeness (QED) is 0.590. The molecule has 1 aromatic heterocycles. The minimum Gasteiger partial charge on any atom is -0.508 e. The molecule has 6 nitrogen and oxygen atoms in total. The van der Waals surface area contributed by atoms with E-state index in [2.05, 4.69) is 21.9 Å². The van der Waals surface area contributed by atoms with Gasteiger partial charge in [0, 0.05) is 4.88 Å². The van der Waals surface area contributed by atoms with Crippen molar-refractivity contribution in [2.75, 3.05) is 5.32 Å². The van der Waals surface area contributed by atoms with Gasteiger partial charge in [-0.15, -0.1) is 11.3 Å². The van der Waals surface area contributed by atoms with Crippen molar-refractivity contribution in [3.05, 3.63) is 45.8 Å². The molecule has 1 aliphatic rings. The van der Waals surface area contributed by atoms with E-state index in [1.165, 1.54) is 34.6 Å². The van der Waals surface area contributed by atoms with Crippen molar-refractivity contribution in [3.8, 4) is 11.8 Å². The molecule has 0 unspecified atom stereocenters. The van der Waals surface area contributed by atoms with Crippen LogP contribution in [0.25, 0.3) is 0 Å². The Morgan fingerprint density at radius 1 is 1.29 bits per heavy atom. The molecule has 3 rings (SSSR count). The topological polar surface area (TPSA) is 97.5 Å². The van der Waals surface area contributed by atoms with Crippen LogP contribution in [0, 0.1) is 11.3 Å². The van der Waals surface area contributed by atoms with Crippen molar-refractivity contribution in [2.24, 2.45) is 5.10 Å². The maximum Gasteiger partial charge on any atom is 0.340 e. The van der Waals surface area contributed by atoms with Gasteiger partial charge in [0.1, 0.15) is 16.8 Å². The molecule has 3 N–H and O–H groups in total. The van der Waals surface area contributed by atoms with Gasteiger partial charge in [0.05, 0.1) is 11.8 Å². The van der Waals surface area contributed by atoms with Crippen molar-refractivity contribution < 1.29 is 9.90 Å². The lowest BCUT2D eigenvalue weighted by atomic mass is 9.96. The lowest BCUT2D eigenvalue weighted by Crippen LogP contribution is -2.24. The fourth-order valence-corrected chi connectivity index (χ4v) is 3.86. The lowest BCUT2D eigenvalue weighted by Gasteiger charge is -2.09. The smallest absolute Gasteiger partial charge is 0.340 e. The standard InChI is InChI=1S/C17H16N4O2S/c18-9-14-13-3-1-2-4-15(13)24-16(14)20-17(23)21-19-10-11-5-7-12(22)8-6-11/h5-8,10,22H,1-4H2,(H2,20,21,23)/b19-10+. The number of carbonyl (C=O) groups is 1. The third kappa shape index (κ3) is 3.55. The second kappa shape index (κ2) is 7.15. The van der Waals surface area contributed by atoms with E-state index >= 15 is 0 Å². The Balaban J connectivity index is 1.64. The van der Waals surface area contributed by atoms with E-state index in [0.29, 0.717) is 10.6 Å². The Morgan fingerprint density at radius 3 is 2.79 bits per heavy atom. The van der Waals surface area contributed by atoms with Crippen molar-refractivity contribution in [1.29, 1.82) is 5.26 Å². The Hall–Kier alpha value is -2.85. The maximum atomic E-state index is 12.0. The van der Waals surface area contributed by atoms with Crippen LogP contribution in [0.3, 0.4) is 0 Å². The number of aromatic hydroxyl groups is 1. The normalized spacial score (nSPS) is 13.3. The molecule has 122 valence electrons. The predicted molar refractivity (Wildman–Crippen MR) is 93.5 cm³/mol. The maximum absolute atomic E-state index is 12.0. The summed E-state index contributed by atoms with van der Waals surface area (Å²) in [5, 5.41) is 25.7. The van der Waals surface area contributed by atoms with E-state index in [9.17, 15) is 15.2 Å². The summed E-state index contributed by atoms with van der Waals surface area (Å²) in [5.41, 5.74) is 4.78. The number of fused-ring (bicyclic) bond motifs is 1. The molecule has 1 aromatic carbocycles. The van der Waals surface area contributed by atoms with E-state index < -0.39 is 6.03 Å². The Bertz CT molecular complexity index is 818. The van der Waals surface area contributed by atoms with Crippen molar-refractivity contribution >= 4 is 28.6 Å². The third-order valence-corrected chi connectivity index (χ3v) is 4.99. The average Bonchev–Trinajstić information content (AvgIpc) is 2.93. The van der Waals surface area contributed by atoms with E-state index in [1.807, 2.05) is 0 Å². The number of hydrogen-bond acceptors (Lipinski definition) is 5. The Labute approximate surface area is 143 Å². The zero-order valence-electron chi connectivity index (χ0n) is 12.9. The summed E-state index contributed by atoms with van der Waals surface area (Å²) in [6, 6.07) is 8.15. The van der Waals surface area contributed by atoms with E-state index in [-0.39, 0.29) is 5.75 Å². The number of nitriles is 1. The SMILES string of the molecule is N#Cc1c(NC(=O)N/N=C/c2ccc(O)cc2)sc2c1CCCC2. The minimum atomic E-state index is -0.486. The molecule has 0 saturated carbocycles. The number of hydrogen-bond donors (Lipinski definition) is 3. The first-order chi connectivity index (χ1) is 11.7. The highest BCUT2D eigenvalue weighted by Crippen LogP contribution is 2.37. The van der Waals surface area contributed by atoms with E-state index in [1.54, 1.807) is 12.1 Å². The highest BCUT2D eigenvalue weighted by Gasteiger charge is 2.21. The number of nitrogens with zero attached hydrogens (tertiary/aromatic N) is 2. The monoisotopic (exact) mass is 340 g/mol. The number of anilines is 1. The van der Waals surface area contributed by atoms with Crippen LogP contribution >= 0.6 is 11.3 Å². The molecular weight excluding hydrogens is 324 g/mol. The van der Waals surface area contributed by atoms with Crippen LogP contribution in [0.2, 0.25) is 0 Å². The van der Waals surface area contributed by atoms with E-state index in [4.69, 9.17) is 0 Å². The van der Waals surface area contributed by atoms with Crippen LogP contribution in [0.15, 0.2) is 29.4 Å². The number of amides is 2. The van der Waals surface area contributed by atoms with Gasteiger partial charge in [-0.1, -0.05) is 0 Å². The first-order valence-corrected chi connectivity index (χ1v) is 8.43. The summed E-state index contributed by atoms with van der Waals surface area (Å²) in [4.78, 5) is 13.2. The van der Waals surface area contributed by atoms with Gasteiger partial charge < -0.3 is 5.11 Å². The van der Waals surface area contributed by atoms with Crippen molar-refractivity contribution in [2.45, 2.75) is 25.7 Å². The van der Waals surface area contributed by atoms with Crippen molar-refractivity contribution in [1.82, 2.24) is 5.43 Å². The van der Waals surface area contributed by atoms with Gasteiger partial charge in [-0.3, -0.25) is 5.32 Å². The number of phenolic OH excluding ortho intramolecular Hbond substituents is 1. The Morgan fingerprint density at radius 2 is 2.04 bits per heavy atom. The molecule has 2 amide bonds. The van der Waals surface area contributed by atoms with Gasteiger partial charge in [0.25, 0.3) is 0 Å². The number of benzene rings is 1. The molecule has 0 bridgehead atoms. The molecule has 2 aromatic rings. The molecule has 7 heteroatoms. The lowest BCUT2D eigenvalue weighted by molar-refractivity contribution is 0.252. The fourth-order valence-electron chi connectivity index (χ4n) is 2.63. The number of hydrazone groups is 1. The highest BCUT2D eigenvalue weighted by atomic mass is 32.1. The highest BCUT2D eigenvalue weighted by molar-refractivity contribution is 7.16. The van der Waals surface area contributed by atoms with Gasteiger partial charge in [-0.05, 0) is 61.1 Å². The van der Waals surface area contributed by atoms with Gasteiger partial charge in [-0.2, -0.15) is 10.4 Å². The number of phenols is 1. The molecule has 0 radical (unpaired) electrons. The number of thiophene rings is 1. The summed E-state index contributed by atoms with van der Waals surface area (Å²) in [6.07, 6.45) is 5.56. The summed E-state index contributed by atoms with van der Waals surface area (Å²) >= 11 is 1.47. The molecule has 0 spiro atoms. The van der Waals surface area contributed by atoms with Crippen LogP contribution in [0.4, 0.5) is 9.80 Å². The molecule has 0 fully saturated rings. The summed E-state index contributed by atoms with van der Waals surface area (Å²) in [7, 11) is 0. The predicted octanol–water partition coefficient (Wildman–Crippen LogP) is 3.36. The zero-order chi connectivity index (χ0) is 16.9. The third-order valence-electron chi connectivity index (χ3n) is 3.78. The van der Waals surface area contributed by atoms with Gasteiger partial charge >= 0.3 is 6.03 Å². The summed E-state index contributed by atoms with van der Waals surface area (Å²) in [6.45, 7) is 0. The summed E-state index contributed by atoms with van der Waals surface area (Å²) < 4.78 is 0. The fraction of sp³-hybridized carbons (Fsp3) is 0.235. The van der Waals surface area contributed by atoms with Crippen LogP contribution < -0.4 is 10.7 Å². The number of carbonyl (C=O) groups excluding carboxylic acids is 1. The number of nitrogens with one attached hydrogen (secondary N) is 2. The number of rotatable bonds is 3. The molecule has 0 atom stereocenters.